The van der Waals surface area contributed by atoms with E-state index in [9.17, 15) is 9.18 Å². The molecule has 0 aliphatic carbocycles. The third-order valence-electron chi connectivity index (χ3n) is 2.58. The first kappa shape index (κ1) is 12.3. The van der Waals surface area contributed by atoms with Crippen LogP contribution in [0.1, 0.15) is 21.7 Å². The molecule has 0 bridgehead atoms. The molecule has 1 aromatic carbocycles. The molecule has 0 unspecified atom stereocenters. The Kier molecular flexibility index (Phi) is 3.72. The molecule has 0 fully saturated rings. The number of aromatic amines is 1. The van der Waals surface area contributed by atoms with E-state index in [1.165, 1.54) is 6.07 Å². The molecule has 0 spiro atoms. The molecule has 0 aliphatic heterocycles. The molecule has 1 heterocycles. The number of aromatic nitrogens is 2. The van der Waals surface area contributed by atoms with Crippen LogP contribution in [0.4, 0.5) is 4.39 Å². The molecule has 0 saturated heterocycles. The second kappa shape index (κ2) is 5.44. The van der Waals surface area contributed by atoms with E-state index in [0.717, 1.165) is 5.69 Å². The number of rotatable bonds is 4. The monoisotopic (exact) mass is 247 g/mol. The number of amides is 1. The molecule has 94 valence electrons. The van der Waals surface area contributed by atoms with Crippen LogP contribution in [0.5, 0.6) is 0 Å². The van der Waals surface area contributed by atoms with Gasteiger partial charge in [-0.2, -0.15) is 5.10 Å². The van der Waals surface area contributed by atoms with Crippen LogP contribution in [0.2, 0.25) is 0 Å². The van der Waals surface area contributed by atoms with E-state index in [0.29, 0.717) is 24.2 Å². The van der Waals surface area contributed by atoms with Gasteiger partial charge in [0.1, 0.15) is 11.5 Å². The van der Waals surface area contributed by atoms with E-state index in [1.807, 2.05) is 6.92 Å². The van der Waals surface area contributed by atoms with Crippen molar-refractivity contribution in [3.63, 3.8) is 0 Å². The number of H-pyrrole nitrogens is 1. The van der Waals surface area contributed by atoms with E-state index in [2.05, 4.69) is 15.5 Å². The SMILES string of the molecule is Cc1cc(C(=O)NCCc2ccccc2F)n[nH]1. The molecule has 0 radical (unpaired) electrons. The fourth-order valence-electron chi connectivity index (χ4n) is 1.64. The summed E-state index contributed by atoms with van der Waals surface area (Å²) in [6.45, 7) is 2.20. The molecule has 4 nitrogen and oxygen atoms in total. The lowest BCUT2D eigenvalue weighted by Crippen LogP contribution is -2.26. The quantitative estimate of drug-likeness (QED) is 0.866. The normalized spacial score (nSPS) is 10.3. The van der Waals surface area contributed by atoms with Gasteiger partial charge in [0, 0.05) is 12.2 Å². The zero-order chi connectivity index (χ0) is 13.0. The summed E-state index contributed by atoms with van der Waals surface area (Å²) >= 11 is 0. The van der Waals surface area contributed by atoms with Crippen molar-refractivity contribution in [1.29, 1.82) is 0 Å². The lowest BCUT2D eigenvalue weighted by atomic mass is 10.1. The van der Waals surface area contributed by atoms with Crippen molar-refractivity contribution in [1.82, 2.24) is 15.5 Å². The summed E-state index contributed by atoms with van der Waals surface area (Å²) in [4.78, 5) is 11.6. The summed E-state index contributed by atoms with van der Waals surface area (Å²) in [5.74, 6) is -0.502. The van der Waals surface area contributed by atoms with Gasteiger partial charge in [-0.05, 0) is 31.0 Å². The van der Waals surface area contributed by atoms with E-state index in [-0.39, 0.29) is 11.7 Å². The highest BCUT2D eigenvalue weighted by Gasteiger charge is 2.08. The van der Waals surface area contributed by atoms with Crippen LogP contribution in [-0.2, 0) is 6.42 Å². The molecule has 5 heteroatoms. The number of nitrogens with one attached hydrogen (secondary N) is 2. The Morgan fingerprint density at radius 2 is 2.22 bits per heavy atom. The summed E-state index contributed by atoms with van der Waals surface area (Å²) in [5.41, 5.74) is 1.77. The number of benzene rings is 1. The average molecular weight is 247 g/mol. The lowest BCUT2D eigenvalue weighted by molar-refractivity contribution is 0.0949. The number of hydrogen-bond acceptors (Lipinski definition) is 2. The highest BCUT2D eigenvalue weighted by atomic mass is 19.1. The van der Waals surface area contributed by atoms with Crippen molar-refractivity contribution in [3.05, 3.63) is 53.1 Å². The topological polar surface area (TPSA) is 57.8 Å². The minimum Gasteiger partial charge on any atom is -0.350 e. The average Bonchev–Trinajstić information content (AvgIpc) is 2.78. The molecule has 0 aliphatic rings. The van der Waals surface area contributed by atoms with Gasteiger partial charge in [-0.25, -0.2) is 4.39 Å². The molecule has 2 rings (SSSR count). The van der Waals surface area contributed by atoms with Crippen molar-refractivity contribution >= 4 is 5.91 Å². The van der Waals surface area contributed by atoms with E-state index in [4.69, 9.17) is 0 Å². The Balaban J connectivity index is 1.86. The van der Waals surface area contributed by atoms with Crippen LogP contribution in [0.25, 0.3) is 0 Å². The van der Waals surface area contributed by atoms with Crippen LogP contribution in [0, 0.1) is 12.7 Å². The smallest absolute Gasteiger partial charge is 0.271 e. The minimum absolute atomic E-state index is 0.248. The van der Waals surface area contributed by atoms with Gasteiger partial charge in [0.2, 0.25) is 0 Å². The second-order valence-electron chi connectivity index (χ2n) is 4.03. The van der Waals surface area contributed by atoms with Crippen molar-refractivity contribution in [3.8, 4) is 0 Å². The minimum atomic E-state index is -0.254. The lowest BCUT2D eigenvalue weighted by Gasteiger charge is -2.04. The maximum absolute atomic E-state index is 13.3. The van der Waals surface area contributed by atoms with Gasteiger partial charge in [-0.3, -0.25) is 9.89 Å². The number of nitrogens with zero attached hydrogens (tertiary/aromatic N) is 1. The number of carbonyl (C=O) groups is 1. The Labute approximate surface area is 104 Å². The molecular formula is C13H14FN3O. The number of halogens is 1. The maximum atomic E-state index is 13.3. The van der Waals surface area contributed by atoms with E-state index in [1.54, 1.807) is 24.3 Å². The molecule has 18 heavy (non-hydrogen) atoms. The van der Waals surface area contributed by atoms with Crippen molar-refractivity contribution in [2.75, 3.05) is 6.54 Å². The van der Waals surface area contributed by atoms with Gasteiger partial charge in [-0.1, -0.05) is 18.2 Å². The molecule has 1 aromatic heterocycles. The molecule has 0 saturated carbocycles. The van der Waals surface area contributed by atoms with Crippen LogP contribution in [0.3, 0.4) is 0 Å². The fourth-order valence-corrected chi connectivity index (χ4v) is 1.64. The second-order valence-corrected chi connectivity index (χ2v) is 4.03. The maximum Gasteiger partial charge on any atom is 0.271 e. The zero-order valence-electron chi connectivity index (χ0n) is 10.0. The largest absolute Gasteiger partial charge is 0.350 e. The van der Waals surface area contributed by atoms with Crippen LogP contribution < -0.4 is 5.32 Å². The Bertz CT molecular complexity index is 551. The summed E-state index contributed by atoms with van der Waals surface area (Å²) in [5, 5.41) is 9.24. The third-order valence-corrected chi connectivity index (χ3v) is 2.58. The van der Waals surface area contributed by atoms with Crippen LogP contribution >= 0.6 is 0 Å². The summed E-state index contributed by atoms with van der Waals surface area (Å²) < 4.78 is 13.3. The van der Waals surface area contributed by atoms with Gasteiger partial charge < -0.3 is 5.32 Å². The first-order valence-corrected chi connectivity index (χ1v) is 5.70. The number of aryl methyl sites for hydroxylation is 1. The number of hydrogen-bond donors (Lipinski definition) is 2. The van der Waals surface area contributed by atoms with Gasteiger partial charge in [-0.15, -0.1) is 0 Å². The predicted octanol–water partition coefficient (Wildman–Crippen LogP) is 1.83. The highest BCUT2D eigenvalue weighted by Crippen LogP contribution is 2.06. The van der Waals surface area contributed by atoms with Crippen molar-refractivity contribution in [2.45, 2.75) is 13.3 Å². The summed E-state index contributed by atoms with van der Waals surface area (Å²) in [6.07, 6.45) is 0.460. The molecule has 1 amide bonds. The van der Waals surface area contributed by atoms with Gasteiger partial charge in [0.15, 0.2) is 0 Å². The standard InChI is InChI=1S/C13H14FN3O/c1-9-8-12(17-16-9)13(18)15-7-6-10-4-2-3-5-11(10)14/h2-5,8H,6-7H2,1H3,(H,15,18)(H,16,17). The van der Waals surface area contributed by atoms with Crippen molar-refractivity contribution in [2.24, 2.45) is 0 Å². The molecular weight excluding hydrogens is 233 g/mol. The van der Waals surface area contributed by atoms with Gasteiger partial charge in [0.25, 0.3) is 5.91 Å². The van der Waals surface area contributed by atoms with E-state index >= 15 is 0 Å². The first-order valence-electron chi connectivity index (χ1n) is 5.70. The third kappa shape index (κ3) is 2.94. The van der Waals surface area contributed by atoms with Crippen LogP contribution in [-0.4, -0.2) is 22.6 Å². The summed E-state index contributed by atoms with van der Waals surface area (Å²) in [7, 11) is 0. The molecule has 2 aromatic rings. The number of carbonyl (C=O) groups excluding carboxylic acids is 1. The summed E-state index contributed by atoms with van der Waals surface area (Å²) in [6, 6.07) is 8.20. The van der Waals surface area contributed by atoms with Gasteiger partial charge in [0.05, 0.1) is 0 Å². The Hall–Kier alpha value is -2.17. The van der Waals surface area contributed by atoms with Gasteiger partial charge >= 0.3 is 0 Å². The van der Waals surface area contributed by atoms with E-state index < -0.39 is 0 Å². The first-order chi connectivity index (χ1) is 8.66. The molecule has 0 atom stereocenters. The Morgan fingerprint density at radius 1 is 1.44 bits per heavy atom. The fraction of sp³-hybridized carbons (Fsp3) is 0.231. The highest BCUT2D eigenvalue weighted by molar-refractivity contribution is 5.92. The Morgan fingerprint density at radius 3 is 2.89 bits per heavy atom. The molecule has 2 N–H and O–H groups in total. The zero-order valence-corrected chi connectivity index (χ0v) is 10.0. The van der Waals surface area contributed by atoms with Crippen LogP contribution in [0.15, 0.2) is 30.3 Å². The van der Waals surface area contributed by atoms with Crippen molar-refractivity contribution < 1.29 is 9.18 Å². The predicted molar refractivity (Wildman–Crippen MR) is 65.8 cm³/mol.